The highest BCUT2D eigenvalue weighted by molar-refractivity contribution is 5.69. The summed E-state index contributed by atoms with van der Waals surface area (Å²) in [7, 11) is 0. The normalized spacial score (nSPS) is 25.0. The SMILES string of the molecule is O=c1c(-c2ccc(C(F)(F)F)cc2O)cncn1CC12CNC(C1)C2. The van der Waals surface area contributed by atoms with Crippen LogP contribution in [0.2, 0.25) is 0 Å². The number of hydrogen-bond acceptors (Lipinski definition) is 4. The summed E-state index contributed by atoms with van der Waals surface area (Å²) in [5.41, 5.74) is -1.14. The Labute approximate surface area is 141 Å². The van der Waals surface area contributed by atoms with Gasteiger partial charge in [-0.3, -0.25) is 9.36 Å². The van der Waals surface area contributed by atoms with Crippen LogP contribution < -0.4 is 10.9 Å². The largest absolute Gasteiger partial charge is 0.507 e. The first-order valence-corrected chi connectivity index (χ1v) is 7.96. The molecule has 2 saturated heterocycles. The lowest BCUT2D eigenvalue weighted by molar-refractivity contribution is -0.137. The van der Waals surface area contributed by atoms with E-state index in [4.69, 9.17) is 0 Å². The molecule has 2 bridgehead atoms. The van der Waals surface area contributed by atoms with Gasteiger partial charge in [-0.1, -0.05) is 0 Å². The zero-order valence-corrected chi connectivity index (χ0v) is 13.2. The highest BCUT2D eigenvalue weighted by atomic mass is 19.4. The van der Waals surface area contributed by atoms with Gasteiger partial charge >= 0.3 is 6.18 Å². The van der Waals surface area contributed by atoms with E-state index in [0.29, 0.717) is 18.7 Å². The molecule has 5 rings (SSSR count). The van der Waals surface area contributed by atoms with Crippen LogP contribution in [0.1, 0.15) is 18.4 Å². The van der Waals surface area contributed by atoms with Gasteiger partial charge in [-0.25, -0.2) is 4.98 Å². The molecule has 8 heteroatoms. The summed E-state index contributed by atoms with van der Waals surface area (Å²) in [6.07, 6.45) is 0.174. The molecule has 25 heavy (non-hydrogen) atoms. The Morgan fingerprint density at radius 3 is 2.68 bits per heavy atom. The van der Waals surface area contributed by atoms with E-state index >= 15 is 0 Å². The van der Waals surface area contributed by atoms with Crippen molar-refractivity contribution in [3.05, 3.63) is 46.6 Å². The average molecular weight is 351 g/mol. The second kappa shape index (κ2) is 5.32. The predicted octanol–water partition coefficient (Wildman–Crippen LogP) is 2.39. The molecule has 5 nitrogen and oxygen atoms in total. The number of alkyl halides is 3. The molecular formula is C17H16F3N3O2. The molecule has 2 N–H and O–H groups in total. The van der Waals surface area contributed by atoms with Crippen LogP contribution in [0.15, 0.2) is 35.5 Å². The van der Waals surface area contributed by atoms with E-state index in [0.717, 1.165) is 31.5 Å². The fraction of sp³-hybridized carbons (Fsp3) is 0.412. The average Bonchev–Trinajstić information content (AvgIpc) is 3.09. The smallest absolute Gasteiger partial charge is 0.416 e. The quantitative estimate of drug-likeness (QED) is 0.891. The number of nitrogens with one attached hydrogen (secondary N) is 1. The molecule has 0 unspecified atom stereocenters. The molecule has 2 aromatic rings. The number of halogens is 3. The number of aromatic nitrogens is 2. The summed E-state index contributed by atoms with van der Waals surface area (Å²) in [6.45, 7) is 1.36. The molecular weight excluding hydrogens is 335 g/mol. The molecule has 0 spiro atoms. The fourth-order valence-electron chi connectivity index (χ4n) is 3.87. The Morgan fingerprint density at radius 1 is 1.32 bits per heavy atom. The molecule has 1 aliphatic carbocycles. The van der Waals surface area contributed by atoms with E-state index < -0.39 is 17.5 Å². The Morgan fingerprint density at radius 2 is 2.08 bits per heavy atom. The Balaban J connectivity index is 1.69. The molecule has 2 aliphatic heterocycles. The number of aromatic hydroxyl groups is 1. The lowest BCUT2D eigenvalue weighted by Crippen LogP contribution is -2.40. The molecule has 1 saturated carbocycles. The van der Waals surface area contributed by atoms with Crippen LogP contribution in [0.25, 0.3) is 11.1 Å². The van der Waals surface area contributed by atoms with Crippen LogP contribution in [0.5, 0.6) is 5.75 Å². The van der Waals surface area contributed by atoms with Gasteiger partial charge in [0.05, 0.1) is 17.5 Å². The van der Waals surface area contributed by atoms with Crippen LogP contribution >= 0.6 is 0 Å². The van der Waals surface area contributed by atoms with Gasteiger partial charge in [-0.15, -0.1) is 0 Å². The maximum absolute atomic E-state index is 12.7. The Bertz CT molecular complexity index is 880. The van der Waals surface area contributed by atoms with Crippen molar-refractivity contribution in [1.82, 2.24) is 14.9 Å². The van der Waals surface area contributed by atoms with Crippen molar-refractivity contribution in [1.29, 1.82) is 0 Å². The van der Waals surface area contributed by atoms with Gasteiger partial charge in [0.1, 0.15) is 5.75 Å². The zero-order valence-electron chi connectivity index (χ0n) is 13.2. The van der Waals surface area contributed by atoms with Gasteiger partial charge in [0.15, 0.2) is 0 Å². The van der Waals surface area contributed by atoms with Gasteiger partial charge < -0.3 is 10.4 Å². The van der Waals surface area contributed by atoms with Crippen molar-refractivity contribution < 1.29 is 18.3 Å². The van der Waals surface area contributed by atoms with E-state index in [9.17, 15) is 23.1 Å². The maximum atomic E-state index is 12.7. The molecule has 0 amide bonds. The van der Waals surface area contributed by atoms with Crippen LogP contribution in [0.3, 0.4) is 0 Å². The molecule has 1 aromatic heterocycles. The van der Waals surface area contributed by atoms with E-state index in [2.05, 4.69) is 10.3 Å². The van der Waals surface area contributed by atoms with Gasteiger partial charge in [0, 0.05) is 36.3 Å². The molecule has 3 fully saturated rings. The van der Waals surface area contributed by atoms with Gasteiger partial charge in [-0.2, -0.15) is 13.2 Å². The van der Waals surface area contributed by atoms with Crippen molar-refractivity contribution >= 4 is 0 Å². The molecule has 132 valence electrons. The topological polar surface area (TPSA) is 67.1 Å². The number of fused-ring (bicyclic) bond motifs is 1. The fourth-order valence-corrected chi connectivity index (χ4v) is 3.87. The summed E-state index contributed by atoms with van der Waals surface area (Å²) in [4.78, 5) is 16.8. The second-order valence-corrected chi connectivity index (χ2v) is 6.96. The number of hydrogen-bond donors (Lipinski definition) is 2. The Kier molecular flexibility index (Phi) is 3.44. The third kappa shape index (κ3) is 2.70. The number of nitrogens with zero attached hydrogens (tertiary/aromatic N) is 2. The lowest BCUT2D eigenvalue weighted by atomic mass is 9.70. The van der Waals surface area contributed by atoms with Crippen molar-refractivity contribution in [2.75, 3.05) is 6.54 Å². The van der Waals surface area contributed by atoms with Crippen molar-refractivity contribution in [2.24, 2.45) is 5.41 Å². The van der Waals surface area contributed by atoms with Crippen molar-refractivity contribution in [2.45, 2.75) is 31.6 Å². The van der Waals surface area contributed by atoms with Crippen LogP contribution in [-0.4, -0.2) is 27.2 Å². The lowest BCUT2D eigenvalue weighted by Gasteiger charge is -2.37. The highest BCUT2D eigenvalue weighted by Gasteiger charge is 2.50. The summed E-state index contributed by atoms with van der Waals surface area (Å²) in [5, 5.41) is 13.3. The first-order valence-electron chi connectivity index (χ1n) is 7.96. The van der Waals surface area contributed by atoms with Gasteiger partial charge in [0.2, 0.25) is 0 Å². The van der Waals surface area contributed by atoms with Crippen LogP contribution in [-0.2, 0) is 12.7 Å². The van der Waals surface area contributed by atoms with Crippen molar-refractivity contribution in [3.8, 4) is 16.9 Å². The minimum absolute atomic E-state index is 0.0494. The number of phenolic OH excluding ortho intramolecular Hbond substituents is 1. The summed E-state index contributed by atoms with van der Waals surface area (Å²) >= 11 is 0. The van der Waals surface area contributed by atoms with E-state index in [1.807, 2.05) is 0 Å². The standard InChI is InChI=1S/C17H16F3N3O2/c18-17(19,20)10-1-2-12(14(24)3-10)13-6-21-9-23(15(13)25)8-16-4-11(5-16)22-7-16/h1-3,6,9,11,22,24H,4-5,7-8H2. The number of phenols is 1. The predicted molar refractivity (Wildman–Crippen MR) is 84.1 cm³/mol. The van der Waals surface area contributed by atoms with Gasteiger partial charge in [-0.05, 0) is 31.0 Å². The first-order chi connectivity index (χ1) is 11.8. The van der Waals surface area contributed by atoms with E-state index in [-0.39, 0.29) is 22.1 Å². The monoisotopic (exact) mass is 351 g/mol. The number of benzene rings is 1. The number of rotatable bonds is 3. The summed E-state index contributed by atoms with van der Waals surface area (Å²) in [6, 6.07) is 3.10. The minimum atomic E-state index is -4.56. The van der Waals surface area contributed by atoms with E-state index in [1.165, 1.54) is 17.1 Å². The highest BCUT2D eigenvalue weighted by Crippen LogP contribution is 2.47. The first kappa shape index (κ1) is 16.1. The van der Waals surface area contributed by atoms with Crippen LogP contribution in [0.4, 0.5) is 13.2 Å². The third-order valence-electron chi connectivity index (χ3n) is 5.15. The Hall–Kier alpha value is -2.35. The summed E-state index contributed by atoms with van der Waals surface area (Å²) < 4.78 is 39.7. The molecule has 0 atom stereocenters. The molecule has 3 heterocycles. The summed E-state index contributed by atoms with van der Waals surface area (Å²) in [5.74, 6) is -0.587. The van der Waals surface area contributed by atoms with Crippen molar-refractivity contribution in [3.63, 3.8) is 0 Å². The maximum Gasteiger partial charge on any atom is 0.416 e. The van der Waals surface area contributed by atoms with Crippen LogP contribution in [0, 0.1) is 5.41 Å². The van der Waals surface area contributed by atoms with Gasteiger partial charge in [0.25, 0.3) is 5.56 Å². The van der Waals surface area contributed by atoms with E-state index in [1.54, 1.807) is 0 Å². The minimum Gasteiger partial charge on any atom is -0.507 e. The molecule has 0 radical (unpaired) electrons. The zero-order chi connectivity index (χ0) is 17.8. The third-order valence-corrected chi connectivity index (χ3v) is 5.15. The molecule has 3 aliphatic rings. The second-order valence-electron chi connectivity index (χ2n) is 6.96. The molecule has 1 aromatic carbocycles.